The fraction of sp³-hybridized carbons (Fsp3) is 0.130. The molecule has 5 rings (SSSR count). The van der Waals surface area contributed by atoms with E-state index in [4.69, 9.17) is 0 Å². The van der Waals surface area contributed by atoms with Gasteiger partial charge in [-0.25, -0.2) is 9.78 Å². The lowest BCUT2D eigenvalue weighted by molar-refractivity contribution is 0.0965. The number of carbonyl (C=O) groups excluding carboxylic acids is 1. The van der Waals surface area contributed by atoms with Crippen LogP contribution in [0.2, 0.25) is 0 Å². The Hall–Kier alpha value is -4.20. The van der Waals surface area contributed by atoms with E-state index in [-0.39, 0.29) is 5.91 Å². The van der Waals surface area contributed by atoms with Crippen molar-refractivity contribution in [1.29, 1.82) is 0 Å². The SMILES string of the molecule is Cn1c(=O)c2[nH]c(Cc3ccc(C(=O)n4ccc5ccccc54)cc3)nc2n(C)c1=O. The lowest BCUT2D eigenvalue weighted by atomic mass is 10.1. The highest BCUT2D eigenvalue weighted by Crippen LogP contribution is 2.18. The molecule has 0 aliphatic heterocycles. The minimum atomic E-state index is -0.420. The first kappa shape index (κ1) is 18.8. The van der Waals surface area contributed by atoms with E-state index in [1.54, 1.807) is 29.9 Å². The fourth-order valence-electron chi connectivity index (χ4n) is 3.82. The smallest absolute Gasteiger partial charge is 0.332 e. The van der Waals surface area contributed by atoms with Gasteiger partial charge in [-0.05, 0) is 29.8 Å². The van der Waals surface area contributed by atoms with Gasteiger partial charge in [0.1, 0.15) is 11.3 Å². The molecule has 0 bridgehead atoms. The first-order valence-electron chi connectivity index (χ1n) is 9.78. The van der Waals surface area contributed by atoms with Gasteiger partial charge in [0.05, 0.1) is 5.52 Å². The van der Waals surface area contributed by atoms with Gasteiger partial charge in [-0.2, -0.15) is 0 Å². The molecule has 31 heavy (non-hydrogen) atoms. The summed E-state index contributed by atoms with van der Waals surface area (Å²) in [7, 11) is 3.02. The zero-order chi connectivity index (χ0) is 21.7. The summed E-state index contributed by atoms with van der Waals surface area (Å²) >= 11 is 0. The van der Waals surface area contributed by atoms with E-state index in [9.17, 15) is 14.4 Å². The molecule has 8 heteroatoms. The topological polar surface area (TPSA) is 94.7 Å². The molecule has 8 nitrogen and oxygen atoms in total. The van der Waals surface area contributed by atoms with E-state index in [2.05, 4.69) is 9.97 Å². The number of aromatic amines is 1. The molecule has 0 saturated carbocycles. The summed E-state index contributed by atoms with van der Waals surface area (Å²) in [6.45, 7) is 0. The Kier molecular flexibility index (Phi) is 4.21. The Morgan fingerprint density at radius 3 is 2.48 bits per heavy atom. The standard InChI is InChI=1S/C23H19N5O3/c1-26-20-19(22(30)27(2)23(26)31)24-18(25-20)13-14-7-9-16(10-8-14)21(29)28-12-11-15-5-3-4-6-17(15)28/h3-12H,13H2,1-2H3,(H,24,25). The number of imidazole rings is 1. The molecule has 0 aliphatic carbocycles. The number of para-hydroxylation sites is 1. The van der Waals surface area contributed by atoms with Gasteiger partial charge in [-0.1, -0.05) is 30.3 Å². The van der Waals surface area contributed by atoms with Crippen molar-refractivity contribution < 1.29 is 4.79 Å². The molecule has 0 amide bonds. The molecular formula is C23H19N5O3. The number of aromatic nitrogens is 5. The van der Waals surface area contributed by atoms with Crippen molar-refractivity contribution in [2.45, 2.75) is 6.42 Å². The van der Waals surface area contributed by atoms with Crippen LogP contribution in [0.4, 0.5) is 0 Å². The van der Waals surface area contributed by atoms with Crippen molar-refractivity contribution in [3.05, 3.63) is 98.6 Å². The van der Waals surface area contributed by atoms with E-state index in [1.165, 1.54) is 11.6 Å². The summed E-state index contributed by atoms with van der Waals surface area (Å²) in [5.74, 6) is 0.471. The van der Waals surface area contributed by atoms with Gasteiger partial charge in [0.15, 0.2) is 5.65 Å². The van der Waals surface area contributed by atoms with Crippen molar-refractivity contribution in [3.8, 4) is 0 Å². The number of benzene rings is 2. The molecule has 0 spiro atoms. The monoisotopic (exact) mass is 413 g/mol. The van der Waals surface area contributed by atoms with E-state index in [0.717, 1.165) is 21.0 Å². The second kappa shape index (κ2) is 6.94. The van der Waals surface area contributed by atoms with Crippen LogP contribution in [0, 0.1) is 0 Å². The maximum atomic E-state index is 12.9. The largest absolute Gasteiger partial charge is 0.336 e. The molecule has 3 aromatic heterocycles. The zero-order valence-electron chi connectivity index (χ0n) is 17.0. The maximum absolute atomic E-state index is 12.9. The number of hydrogen-bond donors (Lipinski definition) is 1. The number of nitrogens with zero attached hydrogens (tertiary/aromatic N) is 4. The third-order valence-corrected chi connectivity index (χ3v) is 5.53. The average molecular weight is 413 g/mol. The van der Waals surface area contributed by atoms with Crippen molar-refractivity contribution in [2.24, 2.45) is 14.1 Å². The molecule has 0 saturated heterocycles. The van der Waals surface area contributed by atoms with Crippen LogP contribution in [0.3, 0.4) is 0 Å². The Balaban J connectivity index is 1.44. The maximum Gasteiger partial charge on any atom is 0.332 e. The van der Waals surface area contributed by atoms with Gasteiger partial charge in [0.2, 0.25) is 0 Å². The first-order chi connectivity index (χ1) is 14.9. The Bertz CT molecular complexity index is 1580. The second-order valence-corrected chi connectivity index (χ2v) is 7.51. The quantitative estimate of drug-likeness (QED) is 0.491. The van der Waals surface area contributed by atoms with Crippen LogP contribution in [0.15, 0.2) is 70.4 Å². The average Bonchev–Trinajstić information content (AvgIpc) is 3.41. The number of aryl methyl sites for hydroxylation is 1. The summed E-state index contributed by atoms with van der Waals surface area (Å²) in [6.07, 6.45) is 2.22. The zero-order valence-corrected chi connectivity index (χ0v) is 17.0. The summed E-state index contributed by atoms with van der Waals surface area (Å²) in [4.78, 5) is 44.8. The number of rotatable bonds is 3. The summed E-state index contributed by atoms with van der Waals surface area (Å²) in [6, 6.07) is 16.9. The van der Waals surface area contributed by atoms with Gasteiger partial charge in [-0.3, -0.25) is 23.3 Å². The van der Waals surface area contributed by atoms with Crippen LogP contribution >= 0.6 is 0 Å². The Labute approximate surface area is 176 Å². The van der Waals surface area contributed by atoms with Gasteiger partial charge in [-0.15, -0.1) is 0 Å². The highest BCUT2D eigenvalue weighted by Gasteiger charge is 2.15. The van der Waals surface area contributed by atoms with E-state index >= 15 is 0 Å². The molecule has 0 unspecified atom stereocenters. The normalized spacial score (nSPS) is 11.4. The molecule has 0 aliphatic rings. The van der Waals surface area contributed by atoms with Crippen LogP contribution in [0.5, 0.6) is 0 Å². The van der Waals surface area contributed by atoms with Crippen LogP contribution in [0.25, 0.3) is 22.1 Å². The van der Waals surface area contributed by atoms with Crippen LogP contribution in [-0.2, 0) is 20.5 Å². The molecule has 0 radical (unpaired) electrons. The van der Waals surface area contributed by atoms with Gasteiger partial charge in [0, 0.05) is 37.7 Å². The summed E-state index contributed by atoms with van der Waals surface area (Å²) in [5, 5.41) is 1.01. The van der Waals surface area contributed by atoms with E-state index < -0.39 is 11.2 Å². The van der Waals surface area contributed by atoms with Crippen LogP contribution in [0.1, 0.15) is 21.7 Å². The summed E-state index contributed by atoms with van der Waals surface area (Å²) < 4.78 is 4.04. The van der Waals surface area contributed by atoms with Gasteiger partial charge in [0.25, 0.3) is 11.5 Å². The van der Waals surface area contributed by atoms with Crippen LogP contribution in [-0.4, -0.2) is 29.6 Å². The second-order valence-electron chi connectivity index (χ2n) is 7.51. The third kappa shape index (κ3) is 3.00. The van der Waals surface area contributed by atoms with E-state index in [1.807, 2.05) is 42.5 Å². The van der Waals surface area contributed by atoms with Gasteiger partial charge < -0.3 is 4.98 Å². The van der Waals surface area contributed by atoms with Crippen molar-refractivity contribution in [3.63, 3.8) is 0 Å². The third-order valence-electron chi connectivity index (χ3n) is 5.53. The molecule has 3 heterocycles. The number of hydrogen-bond acceptors (Lipinski definition) is 4. The van der Waals surface area contributed by atoms with Crippen molar-refractivity contribution in [1.82, 2.24) is 23.7 Å². The van der Waals surface area contributed by atoms with Crippen molar-refractivity contribution in [2.75, 3.05) is 0 Å². The number of carbonyl (C=O) groups is 1. The molecule has 154 valence electrons. The molecular weight excluding hydrogens is 394 g/mol. The fourth-order valence-corrected chi connectivity index (χ4v) is 3.82. The Morgan fingerprint density at radius 2 is 1.71 bits per heavy atom. The van der Waals surface area contributed by atoms with Crippen molar-refractivity contribution >= 4 is 28.0 Å². The molecule has 5 aromatic rings. The van der Waals surface area contributed by atoms with Gasteiger partial charge >= 0.3 is 5.69 Å². The lowest BCUT2D eigenvalue weighted by Crippen LogP contribution is -2.36. The number of fused-ring (bicyclic) bond motifs is 2. The molecule has 1 N–H and O–H groups in total. The number of nitrogens with one attached hydrogen (secondary N) is 1. The minimum absolute atomic E-state index is 0.102. The van der Waals surface area contributed by atoms with Crippen LogP contribution < -0.4 is 11.2 Å². The molecule has 2 aromatic carbocycles. The first-order valence-corrected chi connectivity index (χ1v) is 9.78. The molecule has 0 fully saturated rings. The summed E-state index contributed by atoms with van der Waals surface area (Å²) in [5.41, 5.74) is 2.17. The highest BCUT2D eigenvalue weighted by atomic mass is 16.2. The predicted octanol–water partition coefficient (Wildman–Crippen LogP) is 2.19. The Morgan fingerprint density at radius 1 is 0.968 bits per heavy atom. The highest BCUT2D eigenvalue weighted by molar-refractivity contribution is 6.02. The lowest BCUT2D eigenvalue weighted by Gasteiger charge is -2.05. The molecule has 0 atom stereocenters. The van der Waals surface area contributed by atoms with E-state index in [0.29, 0.717) is 29.0 Å². The number of H-pyrrole nitrogens is 1. The minimum Gasteiger partial charge on any atom is -0.336 e. The predicted molar refractivity (Wildman–Crippen MR) is 117 cm³/mol.